The maximum atomic E-state index is 6.21. The minimum absolute atomic E-state index is 0. The molecule has 92 valence electrons. The fraction of sp³-hybridized carbons (Fsp3) is 0.333. The molecule has 1 aromatic carbocycles. The summed E-state index contributed by atoms with van der Waals surface area (Å²) in [6.45, 7) is 4.08. The summed E-state index contributed by atoms with van der Waals surface area (Å²) in [5.41, 5.74) is 2.42. The highest BCUT2D eigenvalue weighted by atomic mass is 35.5. The lowest BCUT2D eigenvalue weighted by Crippen LogP contribution is -2.30. The van der Waals surface area contributed by atoms with Crippen LogP contribution < -0.4 is 5.32 Å². The van der Waals surface area contributed by atoms with Crippen LogP contribution in [0.2, 0.25) is 10.0 Å². The lowest BCUT2D eigenvalue weighted by atomic mass is 10.2. The second-order valence-corrected chi connectivity index (χ2v) is 5.15. The maximum absolute atomic E-state index is 6.21. The molecule has 1 aromatic heterocycles. The highest BCUT2D eigenvalue weighted by Gasteiger charge is 2.19. The molecular formula is C12H13Cl3N2. The van der Waals surface area contributed by atoms with Crippen LogP contribution in [0.5, 0.6) is 0 Å². The quantitative estimate of drug-likeness (QED) is 0.775. The first kappa shape index (κ1) is 13.0. The van der Waals surface area contributed by atoms with Crippen LogP contribution in [0.4, 0.5) is 0 Å². The molecule has 1 atom stereocenters. The number of hydrogen-bond acceptors (Lipinski definition) is 1. The van der Waals surface area contributed by atoms with Crippen LogP contribution in [-0.2, 0) is 6.54 Å². The standard InChI is InChI=1S/C12H12Cl2N2.ClH/c1-7-5-15-6-9-4-10-11(14)2-8(13)3-12(10)16(7)9;/h2-4,7,15H,5-6H2,1H3;1H/t7-;/m1./s1. The largest absolute Gasteiger partial charge is 0.339 e. The molecule has 2 heterocycles. The Bertz CT molecular complexity index is 562. The molecule has 17 heavy (non-hydrogen) atoms. The first-order valence-electron chi connectivity index (χ1n) is 5.36. The van der Waals surface area contributed by atoms with Gasteiger partial charge in [0.05, 0.1) is 10.5 Å². The lowest BCUT2D eigenvalue weighted by molar-refractivity contribution is 0.439. The predicted molar refractivity (Wildman–Crippen MR) is 75.6 cm³/mol. The summed E-state index contributed by atoms with van der Waals surface area (Å²) >= 11 is 12.3. The highest BCUT2D eigenvalue weighted by Crippen LogP contribution is 2.33. The van der Waals surface area contributed by atoms with E-state index >= 15 is 0 Å². The van der Waals surface area contributed by atoms with Crippen molar-refractivity contribution in [1.29, 1.82) is 0 Å². The SMILES string of the molecule is C[C@@H]1CNCc2cc3c(Cl)cc(Cl)cc3n21.Cl. The van der Waals surface area contributed by atoms with Crippen LogP contribution in [0.25, 0.3) is 10.9 Å². The van der Waals surface area contributed by atoms with Gasteiger partial charge >= 0.3 is 0 Å². The van der Waals surface area contributed by atoms with E-state index in [1.165, 1.54) is 5.69 Å². The van der Waals surface area contributed by atoms with E-state index in [9.17, 15) is 0 Å². The van der Waals surface area contributed by atoms with Crippen molar-refractivity contribution in [3.63, 3.8) is 0 Å². The molecule has 0 fully saturated rings. The Kier molecular flexibility index (Phi) is 3.60. The Morgan fingerprint density at radius 3 is 2.82 bits per heavy atom. The van der Waals surface area contributed by atoms with Crippen molar-refractivity contribution in [2.45, 2.75) is 19.5 Å². The molecule has 0 spiro atoms. The smallest absolute Gasteiger partial charge is 0.0515 e. The normalized spacial score (nSPS) is 18.9. The van der Waals surface area contributed by atoms with Crippen molar-refractivity contribution in [3.05, 3.63) is 33.9 Å². The van der Waals surface area contributed by atoms with Crippen LogP contribution in [0, 0.1) is 0 Å². The average molecular weight is 292 g/mol. The van der Waals surface area contributed by atoms with Gasteiger partial charge in [0.1, 0.15) is 0 Å². The molecular weight excluding hydrogens is 279 g/mol. The monoisotopic (exact) mass is 290 g/mol. The molecule has 3 rings (SSSR count). The van der Waals surface area contributed by atoms with Gasteiger partial charge in [0.15, 0.2) is 0 Å². The number of halogens is 3. The molecule has 1 aliphatic heterocycles. The van der Waals surface area contributed by atoms with Gasteiger partial charge in [0, 0.05) is 35.2 Å². The van der Waals surface area contributed by atoms with Gasteiger partial charge in [-0.25, -0.2) is 0 Å². The van der Waals surface area contributed by atoms with Gasteiger partial charge in [-0.2, -0.15) is 0 Å². The van der Waals surface area contributed by atoms with E-state index in [1.807, 2.05) is 6.07 Å². The zero-order chi connectivity index (χ0) is 11.3. The van der Waals surface area contributed by atoms with Gasteiger partial charge in [-0.05, 0) is 25.1 Å². The van der Waals surface area contributed by atoms with Gasteiger partial charge in [-0.1, -0.05) is 23.2 Å². The molecule has 0 saturated heterocycles. The Balaban J connectivity index is 0.00000108. The van der Waals surface area contributed by atoms with Crippen molar-refractivity contribution in [2.75, 3.05) is 6.54 Å². The van der Waals surface area contributed by atoms with E-state index in [0.29, 0.717) is 11.1 Å². The number of nitrogens with one attached hydrogen (secondary N) is 1. The van der Waals surface area contributed by atoms with Crippen LogP contribution >= 0.6 is 35.6 Å². The molecule has 0 bridgehead atoms. The van der Waals surface area contributed by atoms with Crippen molar-refractivity contribution in [3.8, 4) is 0 Å². The molecule has 0 unspecified atom stereocenters. The Morgan fingerprint density at radius 2 is 2.06 bits per heavy atom. The number of rotatable bonds is 0. The average Bonchev–Trinajstić information content (AvgIpc) is 2.58. The molecule has 0 amide bonds. The van der Waals surface area contributed by atoms with Gasteiger partial charge in [0.25, 0.3) is 0 Å². The van der Waals surface area contributed by atoms with Gasteiger partial charge in [-0.3, -0.25) is 0 Å². The lowest BCUT2D eigenvalue weighted by Gasteiger charge is -2.24. The zero-order valence-electron chi connectivity index (χ0n) is 9.34. The zero-order valence-corrected chi connectivity index (χ0v) is 11.7. The number of benzene rings is 1. The van der Waals surface area contributed by atoms with E-state index in [2.05, 4.69) is 22.9 Å². The van der Waals surface area contributed by atoms with Gasteiger partial charge in [0.2, 0.25) is 0 Å². The maximum Gasteiger partial charge on any atom is 0.0515 e. The summed E-state index contributed by atoms with van der Waals surface area (Å²) in [7, 11) is 0. The number of nitrogens with zero attached hydrogens (tertiary/aromatic N) is 1. The van der Waals surface area contributed by atoms with E-state index in [0.717, 1.165) is 29.0 Å². The second-order valence-electron chi connectivity index (χ2n) is 4.31. The first-order chi connectivity index (χ1) is 7.66. The third-order valence-corrected chi connectivity index (χ3v) is 3.67. The minimum atomic E-state index is 0. The summed E-state index contributed by atoms with van der Waals surface area (Å²) in [6, 6.07) is 6.39. The molecule has 1 aliphatic rings. The summed E-state index contributed by atoms with van der Waals surface area (Å²) < 4.78 is 2.32. The van der Waals surface area contributed by atoms with Gasteiger partial charge in [-0.15, -0.1) is 12.4 Å². The molecule has 1 N–H and O–H groups in total. The Labute approximate surface area is 116 Å². The van der Waals surface area contributed by atoms with Crippen molar-refractivity contribution < 1.29 is 0 Å². The molecule has 0 saturated carbocycles. The van der Waals surface area contributed by atoms with Crippen molar-refractivity contribution >= 4 is 46.5 Å². The predicted octanol–water partition coefficient (Wildman–Crippen LogP) is 4.03. The highest BCUT2D eigenvalue weighted by molar-refractivity contribution is 6.38. The third kappa shape index (κ3) is 2.04. The van der Waals surface area contributed by atoms with Gasteiger partial charge < -0.3 is 9.88 Å². The van der Waals surface area contributed by atoms with Crippen molar-refractivity contribution in [2.24, 2.45) is 0 Å². The molecule has 2 nitrogen and oxygen atoms in total. The summed E-state index contributed by atoms with van der Waals surface area (Å²) in [5.74, 6) is 0. The Hall–Kier alpha value is -0.410. The van der Waals surface area contributed by atoms with E-state index in [4.69, 9.17) is 23.2 Å². The summed E-state index contributed by atoms with van der Waals surface area (Å²) in [5, 5.41) is 5.91. The number of aromatic nitrogens is 1. The molecule has 0 aliphatic carbocycles. The summed E-state index contributed by atoms with van der Waals surface area (Å²) in [4.78, 5) is 0. The fourth-order valence-electron chi connectivity index (χ4n) is 2.46. The topological polar surface area (TPSA) is 17.0 Å². The van der Waals surface area contributed by atoms with E-state index in [1.54, 1.807) is 6.07 Å². The van der Waals surface area contributed by atoms with E-state index in [-0.39, 0.29) is 12.4 Å². The Morgan fingerprint density at radius 1 is 1.29 bits per heavy atom. The fourth-order valence-corrected chi connectivity index (χ4v) is 3.00. The second kappa shape index (κ2) is 4.69. The summed E-state index contributed by atoms with van der Waals surface area (Å²) in [6.07, 6.45) is 0. The van der Waals surface area contributed by atoms with Crippen molar-refractivity contribution in [1.82, 2.24) is 9.88 Å². The van der Waals surface area contributed by atoms with Crippen LogP contribution in [-0.4, -0.2) is 11.1 Å². The molecule has 2 aromatic rings. The number of hydrogen-bond donors (Lipinski definition) is 1. The third-order valence-electron chi connectivity index (χ3n) is 3.14. The van der Waals surface area contributed by atoms with Crippen LogP contribution in [0.15, 0.2) is 18.2 Å². The van der Waals surface area contributed by atoms with Crippen LogP contribution in [0.3, 0.4) is 0 Å². The first-order valence-corrected chi connectivity index (χ1v) is 6.12. The van der Waals surface area contributed by atoms with E-state index < -0.39 is 0 Å². The molecule has 5 heteroatoms. The minimum Gasteiger partial charge on any atom is -0.339 e. The number of fused-ring (bicyclic) bond motifs is 3. The van der Waals surface area contributed by atoms with Crippen LogP contribution in [0.1, 0.15) is 18.7 Å². The molecule has 0 radical (unpaired) electrons.